The Hall–Kier alpha value is -0.960. The molecule has 3 heteroatoms. The van der Waals surface area contributed by atoms with Crippen LogP contribution in [0.2, 0.25) is 0 Å². The van der Waals surface area contributed by atoms with Crippen molar-refractivity contribution in [2.24, 2.45) is 0 Å². The van der Waals surface area contributed by atoms with Gasteiger partial charge in [-0.2, -0.15) is 0 Å². The fourth-order valence-corrected chi connectivity index (χ4v) is 0.930. The van der Waals surface area contributed by atoms with Crippen LogP contribution >= 0.6 is 0 Å². The second-order valence-electron chi connectivity index (χ2n) is 2.59. The molecule has 0 aromatic heterocycles. The number of hydrogen-bond donors (Lipinski definition) is 1. The quantitative estimate of drug-likeness (QED) is 0.678. The van der Waals surface area contributed by atoms with Gasteiger partial charge in [0, 0.05) is 5.69 Å². The molecule has 0 unspecified atom stereocenters. The van der Waals surface area contributed by atoms with E-state index in [0.717, 1.165) is 5.69 Å². The molecule has 0 spiro atoms. The maximum Gasteiger partial charge on any atom is 0.273 e. The summed E-state index contributed by atoms with van der Waals surface area (Å²) in [5.41, 5.74) is 2.02. The number of rotatable bonds is 2. The second-order valence-corrected chi connectivity index (χ2v) is 2.94. The summed E-state index contributed by atoms with van der Waals surface area (Å²) in [4.78, 5) is 10.9. The van der Waals surface area contributed by atoms with Crippen LogP contribution in [0.3, 0.4) is 0 Å². The van der Waals surface area contributed by atoms with Crippen molar-refractivity contribution < 1.29 is 4.79 Å². The Kier molecular flexibility index (Phi) is 3.17. The van der Waals surface area contributed by atoms with Gasteiger partial charge in [-0.3, -0.25) is 4.79 Å². The molecule has 0 radical (unpaired) electrons. The van der Waals surface area contributed by atoms with Crippen molar-refractivity contribution in [2.45, 2.75) is 6.92 Å². The fourth-order valence-electron chi connectivity index (χ4n) is 0.842. The summed E-state index contributed by atoms with van der Waals surface area (Å²) in [5.74, 6) is 0.295. The van der Waals surface area contributed by atoms with Crippen LogP contribution in [0.1, 0.15) is 5.56 Å². The molecule has 1 N–H and O–H groups in total. The molecule has 0 aliphatic heterocycles. The molecular weight excluding hydrogens is 170 g/mol. The van der Waals surface area contributed by atoms with E-state index in [1.54, 1.807) is 0 Å². The van der Waals surface area contributed by atoms with Crippen molar-refractivity contribution in [3.05, 3.63) is 29.8 Å². The summed E-state index contributed by atoms with van der Waals surface area (Å²) in [6, 6.07) is 7.69. The highest BCUT2D eigenvalue weighted by Gasteiger charge is 2.00. The van der Waals surface area contributed by atoms with Crippen LogP contribution in [0.4, 0.5) is 5.69 Å². The number of carbonyl (C=O) groups is 1. The molecule has 0 heterocycles. The lowest BCUT2D eigenvalue weighted by molar-refractivity contribution is -0.113. The third kappa shape index (κ3) is 2.58. The molecule has 12 heavy (non-hydrogen) atoms. The van der Waals surface area contributed by atoms with Crippen molar-refractivity contribution >= 4 is 24.2 Å². The minimum atomic E-state index is -0.0319. The second kappa shape index (κ2) is 4.16. The minimum absolute atomic E-state index is 0.0319. The minimum Gasteiger partial charge on any atom is -0.322 e. The van der Waals surface area contributed by atoms with Crippen LogP contribution in [0.15, 0.2) is 24.3 Å². The van der Waals surface area contributed by atoms with Crippen LogP contribution in [-0.4, -0.2) is 11.7 Å². The SMILES string of the molecule is Cc1ccc(NC(=O)C[SH2+])cc1. The number of aryl methyl sites for hydroxylation is 1. The van der Waals surface area contributed by atoms with E-state index in [4.69, 9.17) is 0 Å². The normalized spacial score (nSPS) is 9.50. The summed E-state index contributed by atoms with van der Waals surface area (Å²) in [6.45, 7) is 2.01. The Balaban J connectivity index is 2.64. The lowest BCUT2D eigenvalue weighted by atomic mass is 10.2. The summed E-state index contributed by atoms with van der Waals surface area (Å²) in [5, 5.41) is 2.73. The Morgan fingerprint density at radius 2 is 2.00 bits per heavy atom. The Morgan fingerprint density at radius 3 is 2.50 bits per heavy atom. The number of carbonyl (C=O) groups excluding carboxylic acids is 1. The first-order valence-corrected chi connectivity index (χ1v) is 4.44. The lowest BCUT2D eigenvalue weighted by Crippen LogP contribution is -2.13. The Bertz CT molecular complexity index is 268. The third-order valence-electron chi connectivity index (χ3n) is 1.50. The van der Waals surface area contributed by atoms with Gasteiger partial charge < -0.3 is 5.32 Å². The van der Waals surface area contributed by atoms with E-state index in [9.17, 15) is 4.79 Å². The van der Waals surface area contributed by atoms with Crippen molar-refractivity contribution in [3.8, 4) is 0 Å². The van der Waals surface area contributed by atoms with E-state index in [0.29, 0.717) is 5.75 Å². The zero-order valence-corrected chi connectivity index (χ0v) is 7.92. The lowest BCUT2D eigenvalue weighted by Gasteiger charge is -2.00. The largest absolute Gasteiger partial charge is 0.322 e. The molecular formula is C9H12NOS+. The highest BCUT2D eigenvalue weighted by atomic mass is 32.1. The first-order chi connectivity index (χ1) is 5.72. The number of anilines is 1. The zero-order valence-electron chi connectivity index (χ0n) is 6.92. The molecule has 0 aliphatic carbocycles. The monoisotopic (exact) mass is 182 g/mol. The molecule has 1 aromatic rings. The molecule has 0 saturated carbocycles. The first-order valence-electron chi connectivity index (χ1n) is 3.73. The van der Waals surface area contributed by atoms with Gasteiger partial charge in [0.15, 0.2) is 5.75 Å². The van der Waals surface area contributed by atoms with Gasteiger partial charge in [0.1, 0.15) is 0 Å². The Labute approximate surface area is 77.4 Å². The highest BCUT2D eigenvalue weighted by molar-refractivity contribution is 7.59. The van der Waals surface area contributed by atoms with Crippen molar-refractivity contribution in [1.29, 1.82) is 0 Å². The van der Waals surface area contributed by atoms with E-state index in [-0.39, 0.29) is 5.91 Å². The van der Waals surface area contributed by atoms with Crippen molar-refractivity contribution in [2.75, 3.05) is 11.1 Å². The maximum absolute atomic E-state index is 10.9. The van der Waals surface area contributed by atoms with Crippen LogP contribution < -0.4 is 5.32 Å². The van der Waals surface area contributed by atoms with Crippen LogP contribution in [0, 0.1) is 6.92 Å². The number of benzene rings is 1. The molecule has 64 valence electrons. The van der Waals surface area contributed by atoms with Gasteiger partial charge in [-0.15, -0.1) is 0 Å². The van der Waals surface area contributed by atoms with Gasteiger partial charge in [-0.1, -0.05) is 17.7 Å². The summed E-state index contributed by atoms with van der Waals surface area (Å²) >= 11 is 3.12. The van der Waals surface area contributed by atoms with Crippen molar-refractivity contribution in [3.63, 3.8) is 0 Å². The van der Waals surface area contributed by atoms with E-state index in [1.807, 2.05) is 31.2 Å². The highest BCUT2D eigenvalue weighted by Crippen LogP contribution is 2.07. The van der Waals surface area contributed by atoms with Gasteiger partial charge in [0.2, 0.25) is 0 Å². The van der Waals surface area contributed by atoms with Gasteiger partial charge in [0.05, 0.1) is 0 Å². The first kappa shape index (κ1) is 9.13. The topological polar surface area (TPSA) is 29.1 Å². The van der Waals surface area contributed by atoms with Gasteiger partial charge in [0.25, 0.3) is 5.91 Å². The summed E-state index contributed by atoms with van der Waals surface area (Å²) in [7, 11) is 0. The van der Waals surface area contributed by atoms with Gasteiger partial charge >= 0.3 is 0 Å². The van der Waals surface area contributed by atoms with Crippen LogP contribution in [-0.2, 0) is 17.4 Å². The number of hydrogen-bond acceptors (Lipinski definition) is 1. The maximum atomic E-state index is 10.9. The molecule has 1 aromatic carbocycles. The third-order valence-corrected chi connectivity index (χ3v) is 1.82. The number of nitrogens with one attached hydrogen (secondary N) is 1. The molecule has 0 aliphatic rings. The molecule has 0 saturated heterocycles. The van der Waals surface area contributed by atoms with E-state index >= 15 is 0 Å². The van der Waals surface area contributed by atoms with E-state index in [2.05, 4.69) is 17.9 Å². The van der Waals surface area contributed by atoms with Gasteiger partial charge in [-0.05, 0) is 31.7 Å². The zero-order chi connectivity index (χ0) is 8.97. The molecule has 2 nitrogen and oxygen atoms in total. The smallest absolute Gasteiger partial charge is 0.273 e. The molecule has 0 bridgehead atoms. The predicted octanol–water partition coefficient (Wildman–Crippen LogP) is 0.945. The standard InChI is InChI=1S/C9H11NOS/c1-7-2-4-8(5-3-7)10-9(11)6-12/h2-5,12H,6H2,1H3,(H,10,11)/p+1. The summed E-state index contributed by atoms with van der Waals surface area (Å²) in [6.07, 6.45) is 0. The molecule has 1 rings (SSSR count). The number of amides is 1. The van der Waals surface area contributed by atoms with E-state index < -0.39 is 0 Å². The van der Waals surface area contributed by atoms with Gasteiger partial charge in [-0.25, -0.2) is 0 Å². The molecule has 0 atom stereocenters. The van der Waals surface area contributed by atoms with Crippen LogP contribution in [0.25, 0.3) is 0 Å². The fraction of sp³-hybridized carbons (Fsp3) is 0.222. The summed E-state index contributed by atoms with van der Waals surface area (Å²) < 4.78 is 0. The van der Waals surface area contributed by atoms with Crippen LogP contribution in [0.5, 0.6) is 0 Å². The van der Waals surface area contributed by atoms with Crippen molar-refractivity contribution in [1.82, 2.24) is 0 Å². The average molecular weight is 182 g/mol. The Morgan fingerprint density at radius 1 is 1.42 bits per heavy atom. The molecule has 0 fully saturated rings. The molecule has 1 amide bonds. The predicted molar refractivity (Wildman–Crippen MR) is 54.8 cm³/mol. The average Bonchev–Trinajstić information content (AvgIpc) is 2.09. The van der Waals surface area contributed by atoms with E-state index in [1.165, 1.54) is 5.56 Å².